The number of hydrogen-bond acceptors (Lipinski definition) is 5. The van der Waals surface area contributed by atoms with Crippen molar-refractivity contribution in [3.63, 3.8) is 0 Å². The molecule has 0 atom stereocenters. The van der Waals surface area contributed by atoms with Crippen LogP contribution in [0.15, 0.2) is 24.3 Å². The summed E-state index contributed by atoms with van der Waals surface area (Å²) in [6.07, 6.45) is 0.629. The number of methoxy groups -OCH3 is 2. The van der Waals surface area contributed by atoms with Gasteiger partial charge >= 0.3 is 5.97 Å². The summed E-state index contributed by atoms with van der Waals surface area (Å²) < 4.78 is 10.1. The van der Waals surface area contributed by atoms with Gasteiger partial charge in [-0.05, 0) is 43.2 Å². The van der Waals surface area contributed by atoms with E-state index in [9.17, 15) is 9.59 Å². The molecule has 7 nitrogen and oxygen atoms in total. The first-order chi connectivity index (χ1) is 13.5. The number of hydrogen-bond donors (Lipinski definition) is 1. The van der Waals surface area contributed by atoms with Crippen molar-refractivity contribution in [3.8, 4) is 5.75 Å². The third-order valence-corrected chi connectivity index (χ3v) is 5.29. The Balaban J connectivity index is 1.71. The predicted molar refractivity (Wildman–Crippen MR) is 107 cm³/mol. The van der Waals surface area contributed by atoms with Crippen LogP contribution in [0.5, 0.6) is 5.75 Å². The highest BCUT2D eigenvalue weighted by molar-refractivity contribution is 6.00. The normalized spacial score (nSPS) is 14.1. The minimum atomic E-state index is -0.408. The Morgan fingerprint density at radius 2 is 1.71 bits per heavy atom. The van der Waals surface area contributed by atoms with Crippen molar-refractivity contribution >= 4 is 17.6 Å². The van der Waals surface area contributed by atoms with Gasteiger partial charge in [0.05, 0.1) is 19.8 Å². The number of ether oxygens (including phenoxy) is 2. The lowest BCUT2D eigenvalue weighted by molar-refractivity contribution is 0.0599. The molecule has 1 aliphatic rings. The van der Waals surface area contributed by atoms with Crippen molar-refractivity contribution in [2.75, 3.05) is 45.3 Å². The fourth-order valence-electron chi connectivity index (χ4n) is 3.63. The van der Waals surface area contributed by atoms with Crippen LogP contribution in [-0.2, 0) is 11.2 Å². The maximum atomic E-state index is 13.0. The third-order valence-electron chi connectivity index (χ3n) is 5.29. The molecule has 1 amide bonds. The zero-order chi connectivity index (χ0) is 20.3. The van der Waals surface area contributed by atoms with Crippen molar-refractivity contribution in [1.29, 1.82) is 0 Å². The molecule has 0 radical (unpaired) electrons. The van der Waals surface area contributed by atoms with Crippen molar-refractivity contribution < 1.29 is 19.1 Å². The van der Waals surface area contributed by atoms with Gasteiger partial charge in [-0.3, -0.25) is 4.79 Å². The van der Waals surface area contributed by atoms with Crippen LogP contribution in [0.2, 0.25) is 0 Å². The molecule has 1 aliphatic heterocycles. The molecule has 0 spiro atoms. The lowest BCUT2D eigenvalue weighted by Gasteiger charge is -2.36. The van der Waals surface area contributed by atoms with Crippen molar-refractivity contribution in [2.24, 2.45) is 0 Å². The fraction of sp³-hybridized carbons (Fsp3) is 0.429. The number of esters is 1. The number of nitrogens with one attached hydrogen (secondary N) is 1. The molecule has 7 heteroatoms. The second kappa shape index (κ2) is 8.37. The Morgan fingerprint density at radius 1 is 1.07 bits per heavy atom. The van der Waals surface area contributed by atoms with E-state index in [1.165, 1.54) is 7.11 Å². The summed E-state index contributed by atoms with van der Waals surface area (Å²) in [5, 5.41) is 0. The number of aromatic amines is 1. The second-order valence-corrected chi connectivity index (χ2v) is 6.80. The van der Waals surface area contributed by atoms with E-state index in [4.69, 9.17) is 9.47 Å². The SMILES string of the molecule is CCc1[nH]c(C(=O)N2CCN(c3ccc(OC)cc3)CC2)c(C)c1C(=O)OC. The zero-order valence-corrected chi connectivity index (χ0v) is 16.9. The van der Waals surface area contributed by atoms with E-state index >= 15 is 0 Å². The maximum Gasteiger partial charge on any atom is 0.339 e. The van der Waals surface area contributed by atoms with Crippen LogP contribution in [0, 0.1) is 6.92 Å². The summed E-state index contributed by atoms with van der Waals surface area (Å²) in [5.74, 6) is 0.346. The number of rotatable bonds is 5. The average Bonchev–Trinajstić information content (AvgIpc) is 3.09. The highest BCUT2D eigenvalue weighted by Crippen LogP contribution is 2.24. The summed E-state index contributed by atoms with van der Waals surface area (Å²) in [4.78, 5) is 32.4. The summed E-state index contributed by atoms with van der Waals surface area (Å²) in [7, 11) is 3.01. The monoisotopic (exact) mass is 385 g/mol. The number of aromatic nitrogens is 1. The first-order valence-electron chi connectivity index (χ1n) is 9.48. The molecular weight excluding hydrogens is 358 g/mol. The Morgan fingerprint density at radius 3 is 2.25 bits per heavy atom. The minimum Gasteiger partial charge on any atom is -0.497 e. The number of amides is 1. The van der Waals surface area contributed by atoms with Crippen LogP contribution in [-0.4, -0.2) is 62.2 Å². The van der Waals surface area contributed by atoms with Gasteiger partial charge in [0, 0.05) is 37.6 Å². The van der Waals surface area contributed by atoms with Gasteiger partial charge in [0.2, 0.25) is 0 Å². The molecule has 1 saturated heterocycles. The van der Waals surface area contributed by atoms with Crippen LogP contribution >= 0.6 is 0 Å². The largest absolute Gasteiger partial charge is 0.497 e. The number of carbonyl (C=O) groups is 2. The van der Waals surface area contributed by atoms with Gasteiger partial charge in [-0.2, -0.15) is 0 Å². The molecule has 150 valence electrons. The van der Waals surface area contributed by atoms with Gasteiger partial charge in [-0.15, -0.1) is 0 Å². The topological polar surface area (TPSA) is 74.9 Å². The lowest BCUT2D eigenvalue weighted by atomic mass is 10.1. The molecule has 1 fully saturated rings. The van der Waals surface area contributed by atoms with Gasteiger partial charge in [-0.1, -0.05) is 6.92 Å². The molecule has 1 aromatic carbocycles. The Hall–Kier alpha value is -2.96. The zero-order valence-electron chi connectivity index (χ0n) is 16.9. The quantitative estimate of drug-likeness (QED) is 0.801. The first kappa shape index (κ1) is 19.8. The molecular formula is C21H27N3O4. The number of aryl methyl sites for hydroxylation is 1. The van der Waals surface area contributed by atoms with E-state index in [1.54, 1.807) is 14.0 Å². The Bertz CT molecular complexity index is 849. The summed E-state index contributed by atoms with van der Waals surface area (Å²) >= 11 is 0. The molecule has 0 saturated carbocycles. The molecule has 2 aromatic rings. The van der Waals surface area contributed by atoms with E-state index in [0.29, 0.717) is 36.3 Å². The molecule has 0 unspecified atom stereocenters. The molecule has 28 heavy (non-hydrogen) atoms. The Kier molecular flexibility index (Phi) is 5.92. The average molecular weight is 385 g/mol. The van der Waals surface area contributed by atoms with Crippen molar-refractivity contribution in [3.05, 3.63) is 46.8 Å². The van der Waals surface area contributed by atoms with Crippen LogP contribution in [0.3, 0.4) is 0 Å². The standard InChI is InChI=1S/C21H27N3O4/c1-5-17-18(21(26)28-4)14(2)19(22-17)20(25)24-12-10-23(11-13-24)15-6-8-16(27-3)9-7-15/h6-9,22H,5,10-13H2,1-4H3. The Labute approximate surface area is 165 Å². The number of nitrogens with zero attached hydrogens (tertiary/aromatic N) is 2. The molecule has 1 aromatic heterocycles. The number of benzene rings is 1. The van der Waals surface area contributed by atoms with Gasteiger partial charge in [-0.25, -0.2) is 4.79 Å². The smallest absolute Gasteiger partial charge is 0.339 e. The van der Waals surface area contributed by atoms with Crippen LogP contribution in [0.25, 0.3) is 0 Å². The van der Waals surface area contributed by atoms with Gasteiger partial charge < -0.3 is 24.3 Å². The third kappa shape index (κ3) is 3.69. The molecule has 0 bridgehead atoms. The molecule has 2 heterocycles. The van der Waals surface area contributed by atoms with Crippen LogP contribution in [0.1, 0.15) is 39.0 Å². The van der Waals surface area contributed by atoms with E-state index in [1.807, 2.05) is 36.1 Å². The van der Waals surface area contributed by atoms with Gasteiger partial charge in [0.25, 0.3) is 5.91 Å². The highest BCUT2D eigenvalue weighted by Gasteiger charge is 2.28. The molecule has 0 aliphatic carbocycles. The second-order valence-electron chi connectivity index (χ2n) is 6.80. The predicted octanol–water partition coefficient (Wildman–Crippen LogP) is 2.64. The maximum absolute atomic E-state index is 13.0. The van der Waals surface area contributed by atoms with E-state index < -0.39 is 5.97 Å². The fourth-order valence-corrected chi connectivity index (χ4v) is 3.63. The summed E-state index contributed by atoms with van der Waals surface area (Å²) in [6, 6.07) is 7.94. The number of carbonyl (C=O) groups excluding carboxylic acids is 2. The lowest BCUT2D eigenvalue weighted by Crippen LogP contribution is -2.49. The van der Waals surface area contributed by atoms with E-state index in [-0.39, 0.29) is 5.91 Å². The molecule has 1 N–H and O–H groups in total. The van der Waals surface area contributed by atoms with E-state index in [2.05, 4.69) is 9.88 Å². The van der Waals surface area contributed by atoms with Crippen LogP contribution in [0.4, 0.5) is 5.69 Å². The summed E-state index contributed by atoms with van der Waals surface area (Å²) in [5.41, 5.74) is 3.47. The number of H-pyrrole nitrogens is 1. The highest BCUT2D eigenvalue weighted by atomic mass is 16.5. The first-order valence-corrected chi connectivity index (χ1v) is 9.48. The van der Waals surface area contributed by atoms with Gasteiger partial charge in [0.1, 0.15) is 11.4 Å². The van der Waals surface area contributed by atoms with Crippen molar-refractivity contribution in [2.45, 2.75) is 20.3 Å². The summed E-state index contributed by atoms with van der Waals surface area (Å²) in [6.45, 7) is 6.49. The van der Waals surface area contributed by atoms with Crippen molar-refractivity contribution in [1.82, 2.24) is 9.88 Å². The molecule has 3 rings (SSSR count). The van der Waals surface area contributed by atoms with E-state index in [0.717, 1.165) is 30.2 Å². The van der Waals surface area contributed by atoms with Crippen LogP contribution < -0.4 is 9.64 Å². The van der Waals surface area contributed by atoms with Gasteiger partial charge in [0.15, 0.2) is 0 Å². The minimum absolute atomic E-state index is 0.0725. The number of piperazine rings is 1. The number of anilines is 1.